The highest BCUT2D eigenvalue weighted by atomic mass is 15.2. The van der Waals surface area contributed by atoms with E-state index in [1.54, 1.807) is 0 Å². The fourth-order valence-corrected chi connectivity index (χ4v) is 3.11. The molecule has 1 unspecified atom stereocenters. The summed E-state index contributed by atoms with van der Waals surface area (Å²) in [5, 5.41) is 13.2. The summed E-state index contributed by atoms with van der Waals surface area (Å²) < 4.78 is 0. The molecule has 0 aliphatic carbocycles. The van der Waals surface area contributed by atoms with Gasteiger partial charge in [-0.3, -0.25) is 10.2 Å². The van der Waals surface area contributed by atoms with E-state index in [1.165, 1.54) is 6.42 Å². The molecular formula is C17H25N3. The van der Waals surface area contributed by atoms with Crippen LogP contribution in [-0.2, 0) is 5.54 Å². The number of rotatable bonds is 5. The summed E-state index contributed by atoms with van der Waals surface area (Å²) >= 11 is 0. The van der Waals surface area contributed by atoms with Gasteiger partial charge in [-0.25, -0.2) is 0 Å². The maximum absolute atomic E-state index is 9.81. The Morgan fingerprint density at radius 1 is 1.35 bits per heavy atom. The van der Waals surface area contributed by atoms with Gasteiger partial charge in [0.05, 0.1) is 6.07 Å². The average Bonchev–Trinajstić information content (AvgIpc) is 2.78. The number of benzene rings is 1. The predicted molar refractivity (Wildman–Crippen MR) is 82.2 cm³/mol. The lowest BCUT2D eigenvalue weighted by Crippen LogP contribution is -2.50. The van der Waals surface area contributed by atoms with E-state index in [9.17, 15) is 5.26 Å². The third-order valence-corrected chi connectivity index (χ3v) is 4.15. The van der Waals surface area contributed by atoms with Gasteiger partial charge in [-0.1, -0.05) is 51.1 Å². The molecule has 1 aromatic carbocycles. The van der Waals surface area contributed by atoms with Gasteiger partial charge in [0.15, 0.2) is 0 Å². The molecule has 0 saturated carbocycles. The molecule has 1 atom stereocenters. The van der Waals surface area contributed by atoms with Crippen LogP contribution >= 0.6 is 0 Å². The van der Waals surface area contributed by atoms with Crippen molar-refractivity contribution in [3.05, 3.63) is 35.9 Å². The van der Waals surface area contributed by atoms with Gasteiger partial charge in [-0.15, -0.1) is 0 Å². The monoisotopic (exact) mass is 271 g/mol. The first-order chi connectivity index (χ1) is 9.51. The number of nitriles is 1. The van der Waals surface area contributed by atoms with Gasteiger partial charge in [0.2, 0.25) is 0 Å². The van der Waals surface area contributed by atoms with Gasteiger partial charge in [-0.2, -0.15) is 5.26 Å². The van der Waals surface area contributed by atoms with E-state index in [0.29, 0.717) is 5.41 Å². The third-order valence-electron chi connectivity index (χ3n) is 4.15. The number of likely N-dealkylation sites (tertiary alicyclic amines) is 1. The summed E-state index contributed by atoms with van der Waals surface area (Å²) in [6.45, 7) is 10.4. The van der Waals surface area contributed by atoms with Crippen LogP contribution in [0.25, 0.3) is 0 Å². The zero-order valence-corrected chi connectivity index (χ0v) is 12.8. The predicted octanol–water partition coefficient (Wildman–Crippen LogP) is 2.75. The minimum Gasteiger partial charge on any atom is -0.300 e. The Morgan fingerprint density at radius 3 is 2.55 bits per heavy atom. The van der Waals surface area contributed by atoms with E-state index >= 15 is 0 Å². The highest BCUT2D eigenvalue weighted by Gasteiger charge is 2.38. The van der Waals surface area contributed by atoms with Gasteiger partial charge in [-0.05, 0) is 30.5 Å². The van der Waals surface area contributed by atoms with Crippen LogP contribution in [0.5, 0.6) is 0 Å². The molecule has 0 spiro atoms. The van der Waals surface area contributed by atoms with Crippen LogP contribution in [0.3, 0.4) is 0 Å². The molecule has 1 N–H and O–H groups in total. The topological polar surface area (TPSA) is 39.1 Å². The first-order valence-corrected chi connectivity index (χ1v) is 7.45. The second-order valence-corrected chi connectivity index (χ2v) is 6.54. The Morgan fingerprint density at radius 2 is 2.05 bits per heavy atom. The van der Waals surface area contributed by atoms with E-state index in [4.69, 9.17) is 0 Å². The summed E-state index contributed by atoms with van der Waals surface area (Å²) in [4.78, 5) is 2.42. The Balaban J connectivity index is 2.23. The molecule has 3 heteroatoms. The maximum Gasteiger partial charge on any atom is 0.145 e. The van der Waals surface area contributed by atoms with Crippen molar-refractivity contribution in [3.63, 3.8) is 0 Å². The Hall–Kier alpha value is -1.37. The third kappa shape index (κ3) is 3.20. The van der Waals surface area contributed by atoms with Crippen LogP contribution in [0.15, 0.2) is 30.3 Å². The summed E-state index contributed by atoms with van der Waals surface area (Å²) in [6.07, 6.45) is 1.20. The first kappa shape index (κ1) is 15.0. The van der Waals surface area contributed by atoms with Crippen molar-refractivity contribution in [2.24, 2.45) is 5.41 Å². The highest BCUT2D eigenvalue weighted by Crippen LogP contribution is 2.31. The normalized spacial score (nSPS) is 21.3. The average molecular weight is 271 g/mol. The van der Waals surface area contributed by atoms with Crippen molar-refractivity contribution in [1.82, 2.24) is 10.2 Å². The molecular weight excluding hydrogens is 246 g/mol. The molecule has 0 aromatic heterocycles. The smallest absolute Gasteiger partial charge is 0.145 e. The first-order valence-electron chi connectivity index (χ1n) is 7.45. The largest absolute Gasteiger partial charge is 0.300 e. The summed E-state index contributed by atoms with van der Waals surface area (Å²) in [5.41, 5.74) is 0.828. The molecule has 0 amide bonds. The van der Waals surface area contributed by atoms with Crippen LogP contribution in [0.1, 0.15) is 32.8 Å². The van der Waals surface area contributed by atoms with Crippen LogP contribution in [0, 0.1) is 16.7 Å². The molecule has 20 heavy (non-hydrogen) atoms. The molecule has 1 saturated heterocycles. The Bertz CT molecular complexity index is 475. The summed E-state index contributed by atoms with van der Waals surface area (Å²) in [7, 11) is 0. The maximum atomic E-state index is 9.81. The van der Waals surface area contributed by atoms with Crippen molar-refractivity contribution < 1.29 is 0 Å². The van der Waals surface area contributed by atoms with Crippen LogP contribution in [0.4, 0.5) is 0 Å². The molecule has 0 radical (unpaired) electrons. The van der Waals surface area contributed by atoms with Gasteiger partial charge < -0.3 is 0 Å². The molecule has 0 bridgehead atoms. The molecule has 1 aliphatic heterocycles. The Labute approximate surface area is 122 Å². The zero-order valence-electron chi connectivity index (χ0n) is 12.8. The molecule has 1 aliphatic rings. The van der Waals surface area contributed by atoms with E-state index in [-0.39, 0.29) is 0 Å². The van der Waals surface area contributed by atoms with Crippen molar-refractivity contribution in [2.75, 3.05) is 26.2 Å². The summed E-state index contributed by atoms with van der Waals surface area (Å²) in [6, 6.07) is 12.6. The number of hydrogen-bond acceptors (Lipinski definition) is 3. The second kappa shape index (κ2) is 5.95. The fourth-order valence-electron chi connectivity index (χ4n) is 3.11. The zero-order chi connectivity index (χ0) is 14.6. The van der Waals surface area contributed by atoms with Crippen molar-refractivity contribution in [2.45, 2.75) is 32.7 Å². The van der Waals surface area contributed by atoms with Crippen LogP contribution in [0.2, 0.25) is 0 Å². The number of nitrogens with zero attached hydrogens (tertiary/aromatic N) is 2. The lowest BCUT2D eigenvalue weighted by Gasteiger charge is -2.33. The van der Waals surface area contributed by atoms with Crippen LogP contribution < -0.4 is 5.32 Å². The second-order valence-electron chi connectivity index (χ2n) is 6.54. The lowest BCUT2D eigenvalue weighted by atomic mass is 9.90. The Kier molecular flexibility index (Phi) is 4.47. The molecule has 108 valence electrons. The van der Waals surface area contributed by atoms with Crippen molar-refractivity contribution in [1.29, 1.82) is 5.26 Å². The number of hydrogen-bond donors (Lipinski definition) is 1. The van der Waals surface area contributed by atoms with Gasteiger partial charge in [0.1, 0.15) is 5.54 Å². The SMILES string of the molecule is CCNC(C#N)(CN1CCC(C)(C)C1)c1ccccc1. The minimum atomic E-state index is -0.601. The van der Waals surface area contributed by atoms with E-state index in [1.807, 2.05) is 30.3 Å². The van der Waals surface area contributed by atoms with Crippen molar-refractivity contribution >= 4 is 0 Å². The van der Waals surface area contributed by atoms with Crippen LogP contribution in [-0.4, -0.2) is 31.1 Å². The number of nitrogens with one attached hydrogen (secondary N) is 1. The molecule has 1 heterocycles. The van der Waals surface area contributed by atoms with E-state index in [0.717, 1.165) is 31.7 Å². The number of likely N-dealkylation sites (N-methyl/N-ethyl adjacent to an activating group) is 1. The summed E-state index contributed by atoms with van der Waals surface area (Å²) in [5.74, 6) is 0. The quantitative estimate of drug-likeness (QED) is 0.895. The molecule has 1 aromatic rings. The van der Waals surface area contributed by atoms with Crippen molar-refractivity contribution in [3.8, 4) is 6.07 Å². The molecule has 1 fully saturated rings. The van der Waals surface area contributed by atoms with E-state index < -0.39 is 5.54 Å². The minimum absolute atomic E-state index is 0.365. The molecule has 3 nitrogen and oxygen atoms in total. The van der Waals surface area contributed by atoms with E-state index in [2.05, 4.69) is 37.1 Å². The lowest BCUT2D eigenvalue weighted by molar-refractivity contribution is 0.230. The van der Waals surface area contributed by atoms with Gasteiger partial charge in [0, 0.05) is 13.1 Å². The highest BCUT2D eigenvalue weighted by molar-refractivity contribution is 5.32. The fraction of sp³-hybridized carbons (Fsp3) is 0.588. The molecule has 2 rings (SSSR count). The standard InChI is InChI=1S/C17H25N3/c1-4-19-17(12-18,15-8-6-5-7-9-15)14-20-11-10-16(2,3)13-20/h5-9,19H,4,10-11,13-14H2,1-3H3. The van der Waals surface area contributed by atoms with Gasteiger partial charge >= 0.3 is 0 Å². The van der Waals surface area contributed by atoms with Gasteiger partial charge in [0.25, 0.3) is 0 Å².